The van der Waals surface area contributed by atoms with Gasteiger partial charge in [-0.25, -0.2) is 0 Å². The monoisotopic (exact) mass is 502 g/mol. The van der Waals surface area contributed by atoms with E-state index in [1.165, 1.54) is 5.39 Å². The lowest BCUT2D eigenvalue weighted by Crippen LogP contribution is -2.22. The number of fused-ring (bicyclic) bond motifs is 1. The number of aromatic nitrogens is 1. The Hall–Kier alpha value is -2.65. The molecule has 0 aliphatic heterocycles. The second kappa shape index (κ2) is 9.46. The van der Waals surface area contributed by atoms with Gasteiger partial charge in [-0.1, -0.05) is 84.1 Å². The fourth-order valence-electron chi connectivity index (χ4n) is 3.91. The van der Waals surface area contributed by atoms with Crippen LogP contribution in [-0.4, -0.2) is 19.2 Å². The van der Waals surface area contributed by atoms with Crippen LogP contribution in [0.3, 0.4) is 0 Å². The van der Waals surface area contributed by atoms with Crippen molar-refractivity contribution in [3.8, 4) is 28.5 Å². The van der Waals surface area contributed by atoms with Gasteiger partial charge in [0.25, 0.3) is 0 Å². The minimum absolute atomic E-state index is 0.498. The third kappa shape index (κ3) is 4.73. The number of nitrogens with zero attached hydrogens (tertiary/aromatic N) is 2. The zero-order valence-corrected chi connectivity index (χ0v) is 21.3. The average Bonchev–Trinajstić information content (AvgIpc) is 3.10. The standard InChI is InChI=1S/C27H27BrN2OSi/c1-32(2,3)17-16-31-19-30-25-11-7-5-9-23(25)26(21-14-12-20(18-29)13-15-21)27(30)22-8-4-6-10-24(22)28/h4-15H,16-17,19H2,1-3H3. The fraction of sp³-hybridized carbons (Fsp3) is 0.222. The molecular weight excluding hydrogens is 476 g/mol. The number of halogens is 1. The summed E-state index contributed by atoms with van der Waals surface area (Å²) in [6.45, 7) is 8.38. The molecule has 0 fully saturated rings. The number of benzene rings is 3. The molecule has 4 rings (SSSR count). The summed E-state index contributed by atoms with van der Waals surface area (Å²) in [5.74, 6) is 0. The van der Waals surface area contributed by atoms with Crippen molar-refractivity contribution < 1.29 is 4.74 Å². The molecule has 0 atom stereocenters. The number of nitriles is 1. The molecule has 1 aromatic heterocycles. The molecule has 4 aromatic rings. The molecule has 5 heteroatoms. The Labute approximate surface area is 199 Å². The molecule has 0 saturated carbocycles. The predicted molar refractivity (Wildman–Crippen MR) is 139 cm³/mol. The first-order valence-electron chi connectivity index (χ1n) is 10.8. The molecule has 0 spiro atoms. The smallest absolute Gasteiger partial charge is 0.123 e. The van der Waals surface area contributed by atoms with Gasteiger partial charge in [-0.2, -0.15) is 5.26 Å². The Bertz CT molecular complexity index is 1280. The zero-order chi connectivity index (χ0) is 22.7. The maximum Gasteiger partial charge on any atom is 0.123 e. The van der Waals surface area contributed by atoms with E-state index in [0.717, 1.165) is 45.0 Å². The van der Waals surface area contributed by atoms with Crippen molar-refractivity contribution in [1.29, 1.82) is 5.26 Å². The van der Waals surface area contributed by atoms with Crippen LogP contribution < -0.4 is 0 Å². The van der Waals surface area contributed by atoms with E-state index in [9.17, 15) is 5.26 Å². The number of hydrogen-bond donors (Lipinski definition) is 0. The molecule has 0 aliphatic rings. The highest BCUT2D eigenvalue weighted by Gasteiger charge is 2.21. The lowest BCUT2D eigenvalue weighted by Gasteiger charge is -2.18. The van der Waals surface area contributed by atoms with Crippen molar-refractivity contribution in [3.63, 3.8) is 0 Å². The van der Waals surface area contributed by atoms with Gasteiger partial charge >= 0.3 is 0 Å². The first-order chi connectivity index (χ1) is 15.4. The molecule has 0 aliphatic carbocycles. The molecule has 0 radical (unpaired) electrons. The van der Waals surface area contributed by atoms with E-state index in [-0.39, 0.29) is 0 Å². The summed E-state index contributed by atoms with van der Waals surface area (Å²) in [7, 11) is -1.16. The van der Waals surface area contributed by atoms with Crippen LogP contribution in [0.4, 0.5) is 0 Å². The Morgan fingerprint density at radius 2 is 1.62 bits per heavy atom. The van der Waals surface area contributed by atoms with Crippen molar-refractivity contribution in [2.45, 2.75) is 32.4 Å². The summed E-state index contributed by atoms with van der Waals surface area (Å²) >= 11 is 3.77. The summed E-state index contributed by atoms with van der Waals surface area (Å²) in [4.78, 5) is 0. The van der Waals surface area contributed by atoms with Gasteiger partial charge in [0.05, 0.1) is 22.8 Å². The molecule has 162 valence electrons. The van der Waals surface area contributed by atoms with Crippen molar-refractivity contribution in [2.75, 3.05) is 6.61 Å². The van der Waals surface area contributed by atoms with Crippen LogP contribution in [0.15, 0.2) is 77.3 Å². The number of ether oxygens (including phenoxy) is 1. The largest absolute Gasteiger partial charge is 0.361 e. The van der Waals surface area contributed by atoms with Gasteiger partial charge in [-0.15, -0.1) is 0 Å². The van der Waals surface area contributed by atoms with E-state index in [1.807, 2.05) is 30.3 Å². The van der Waals surface area contributed by atoms with E-state index in [0.29, 0.717) is 12.3 Å². The van der Waals surface area contributed by atoms with Crippen LogP contribution >= 0.6 is 15.9 Å². The van der Waals surface area contributed by atoms with E-state index >= 15 is 0 Å². The fourth-order valence-corrected chi connectivity index (χ4v) is 5.14. The highest BCUT2D eigenvalue weighted by molar-refractivity contribution is 9.10. The highest BCUT2D eigenvalue weighted by atomic mass is 79.9. The Kier molecular flexibility index (Phi) is 6.66. The van der Waals surface area contributed by atoms with Crippen molar-refractivity contribution in [1.82, 2.24) is 4.57 Å². The molecular formula is C27H27BrN2OSi. The van der Waals surface area contributed by atoms with Crippen molar-refractivity contribution in [3.05, 3.63) is 82.8 Å². The first kappa shape index (κ1) is 22.5. The SMILES string of the molecule is C[Si](C)(C)CCOCn1c(-c2ccccc2Br)c(-c2ccc(C#N)cc2)c2ccccc21. The molecule has 0 bridgehead atoms. The van der Waals surface area contributed by atoms with E-state index in [2.05, 4.69) is 88.7 Å². The minimum Gasteiger partial charge on any atom is -0.361 e. The first-order valence-corrected chi connectivity index (χ1v) is 15.3. The Morgan fingerprint density at radius 1 is 0.938 bits per heavy atom. The summed E-state index contributed by atoms with van der Waals surface area (Å²) in [5, 5.41) is 10.4. The Morgan fingerprint density at radius 3 is 2.31 bits per heavy atom. The summed E-state index contributed by atoms with van der Waals surface area (Å²) in [6, 6.07) is 28.0. The molecule has 1 heterocycles. The normalized spacial score (nSPS) is 11.6. The molecule has 3 nitrogen and oxygen atoms in total. The van der Waals surface area contributed by atoms with Gasteiger partial charge in [0, 0.05) is 35.7 Å². The van der Waals surface area contributed by atoms with Gasteiger partial charge in [-0.3, -0.25) is 0 Å². The predicted octanol–water partition coefficient (Wildman–Crippen LogP) is 7.92. The number of rotatable bonds is 7. The minimum atomic E-state index is -1.16. The molecule has 3 aromatic carbocycles. The Balaban J connectivity index is 1.90. The van der Waals surface area contributed by atoms with Gasteiger partial charge < -0.3 is 9.30 Å². The molecule has 0 amide bonds. The van der Waals surface area contributed by atoms with Crippen LogP contribution in [-0.2, 0) is 11.5 Å². The lowest BCUT2D eigenvalue weighted by molar-refractivity contribution is 0.0913. The van der Waals surface area contributed by atoms with Gasteiger partial charge in [0.15, 0.2) is 0 Å². The zero-order valence-electron chi connectivity index (χ0n) is 18.7. The van der Waals surface area contributed by atoms with Crippen molar-refractivity contribution >= 4 is 34.9 Å². The lowest BCUT2D eigenvalue weighted by atomic mass is 9.97. The molecule has 0 unspecified atom stereocenters. The summed E-state index contributed by atoms with van der Waals surface area (Å²) < 4.78 is 9.56. The average molecular weight is 504 g/mol. The second-order valence-electron chi connectivity index (χ2n) is 9.19. The molecule has 0 saturated heterocycles. The van der Waals surface area contributed by atoms with E-state index in [4.69, 9.17) is 4.74 Å². The maximum atomic E-state index is 9.25. The van der Waals surface area contributed by atoms with Gasteiger partial charge in [0.1, 0.15) is 6.73 Å². The van der Waals surface area contributed by atoms with Gasteiger partial charge in [0.2, 0.25) is 0 Å². The highest BCUT2D eigenvalue weighted by Crippen LogP contribution is 2.43. The molecule has 32 heavy (non-hydrogen) atoms. The van der Waals surface area contributed by atoms with E-state index in [1.54, 1.807) is 0 Å². The molecule has 0 N–H and O–H groups in total. The topological polar surface area (TPSA) is 38.0 Å². The van der Waals surface area contributed by atoms with Crippen LogP contribution in [0.1, 0.15) is 5.56 Å². The van der Waals surface area contributed by atoms with Crippen LogP contribution in [0.2, 0.25) is 25.7 Å². The third-order valence-electron chi connectivity index (χ3n) is 5.62. The van der Waals surface area contributed by atoms with Crippen LogP contribution in [0.5, 0.6) is 0 Å². The summed E-state index contributed by atoms with van der Waals surface area (Å²) in [5.41, 5.74) is 6.30. The van der Waals surface area contributed by atoms with Crippen molar-refractivity contribution in [2.24, 2.45) is 0 Å². The van der Waals surface area contributed by atoms with Crippen LogP contribution in [0.25, 0.3) is 33.3 Å². The van der Waals surface area contributed by atoms with E-state index < -0.39 is 8.07 Å². The third-order valence-corrected chi connectivity index (χ3v) is 8.01. The summed E-state index contributed by atoms with van der Waals surface area (Å²) in [6.07, 6.45) is 0. The van der Waals surface area contributed by atoms with Crippen LogP contribution in [0, 0.1) is 11.3 Å². The second-order valence-corrected chi connectivity index (χ2v) is 15.7. The number of hydrogen-bond acceptors (Lipinski definition) is 2. The number of para-hydroxylation sites is 1. The maximum absolute atomic E-state index is 9.25. The van der Waals surface area contributed by atoms with Gasteiger partial charge in [-0.05, 0) is 35.9 Å². The quantitative estimate of drug-likeness (QED) is 0.190.